The fourth-order valence-electron chi connectivity index (χ4n) is 3.67. The summed E-state index contributed by atoms with van der Waals surface area (Å²) in [7, 11) is 9.95. The molecule has 0 amide bonds. The molecular weight excluding hydrogens is 453 g/mol. The number of phosphoric acid groups is 1. The van der Waals surface area contributed by atoms with Crippen LogP contribution in [0.4, 0.5) is 0 Å². The van der Waals surface area contributed by atoms with E-state index in [-0.39, 0.29) is 13.2 Å². The Bertz CT molecular complexity index is 670. The minimum atomic E-state index is -4.84. The molecule has 188 valence electrons. The number of hydrogen-bond donors (Lipinski definition) is 0. The van der Waals surface area contributed by atoms with Crippen LogP contribution in [0.5, 0.6) is 0 Å². The number of ether oxygens (including phenoxy) is 6. The van der Waals surface area contributed by atoms with Gasteiger partial charge in [-0.2, -0.15) is 0 Å². The van der Waals surface area contributed by atoms with Crippen molar-refractivity contribution in [3.8, 4) is 0 Å². The van der Waals surface area contributed by atoms with E-state index in [0.29, 0.717) is 0 Å². The Morgan fingerprint density at radius 2 is 1.30 bits per heavy atom. The van der Waals surface area contributed by atoms with Crippen LogP contribution in [0.2, 0.25) is 0 Å². The molecule has 0 spiro atoms. The first-order chi connectivity index (χ1) is 15.1. The molecule has 0 aromatic rings. The van der Waals surface area contributed by atoms with E-state index in [9.17, 15) is 9.46 Å². The molecular formula is C20H36B2O10P-. The average Bonchev–Trinajstić information content (AvgIpc) is 3.11. The van der Waals surface area contributed by atoms with Crippen LogP contribution in [0, 0.1) is 0 Å². The summed E-state index contributed by atoms with van der Waals surface area (Å²) in [5, 5.41) is 0. The van der Waals surface area contributed by atoms with Crippen molar-refractivity contribution in [1.82, 2.24) is 0 Å². The SMILES string of the molecule is [B]C1OC(COP(=O)([O-])OC2C(COC(C)(C)C)OC([B])C2OC)C(OC(C)(C)C)C1OC. The van der Waals surface area contributed by atoms with Crippen molar-refractivity contribution in [3.05, 3.63) is 0 Å². The van der Waals surface area contributed by atoms with E-state index in [4.69, 9.17) is 53.2 Å². The average molecular weight is 489 g/mol. The van der Waals surface area contributed by atoms with Crippen LogP contribution >= 0.6 is 7.82 Å². The second-order valence-electron chi connectivity index (χ2n) is 10.1. The Morgan fingerprint density at radius 3 is 1.76 bits per heavy atom. The first-order valence-corrected chi connectivity index (χ1v) is 12.4. The molecule has 9 unspecified atom stereocenters. The molecule has 0 aromatic carbocycles. The van der Waals surface area contributed by atoms with Gasteiger partial charge in [0.1, 0.15) is 52.3 Å². The van der Waals surface area contributed by atoms with Crippen molar-refractivity contribution < 1.29 is 46.9 Å². The van der Waals surface area contributed by atoms with E-state index in [1.54, 1.807) is 0 Å². The molecule has 10 nitrogen and oxygen atoms in total. The predicted octanol–water partition coefficient (Wildman–Crippen LogP) is 0.672. The summed E-state index contributed by atoms with van der Waals surface area (Å²) in [5.41, 5.74) is -1.02. The predicted molar refractivity (Wildman–Crippen MR) is 119 cm³/mol. The molecule has 2 fully saturated rings. The monoisotopic (exact) mass is 489 g/mol. The van der Waals surface area contributed by atoms with Gasteiger partial charge in [-0.15, -0.1) is 0 Å². The first kappa shape index (κ1) is 29.2. The highest BCUT2D eigenvalue weighted by Crippen LogP contribution is 2.45. The maximum absolute atomic E-state index is 12.7. The fourth-order valence-corrected chi connectivity index (χ4v) is 4.61. The van der Waals surface area contributed by atoms with Gasteiger partial charge in [-0.1, -0.05) is 0 Å². The van der Waals surface area contributed by atoms with Crippen LogP contribution < -0.4 is 4.89 Å². The van der Waals surface area contributed by atoms with E-state index < -0.39 is 67.7 Å². The Morgan fingerprint density at radius 1 is 0.818 bits per heavy atom. The van der Waals surface area contributed by atoms with Crippen molar-refractivity contribution in [2.24, 2.45) is 0 Å². The molecule has 0 N–H and O–H groups in total. The molecule has 2 heterocycles. The van der Waals surface area contributed by atoms with Gasteiger partial charge in [0, 0.05) is 26.2 Å². The third-order valence-corrected chi connectivity index (χ3v) is 6.02. The van der Waals surface area contributed by atoms with Crippen LogP contribution in [0.1, 0.15) is 41.5 Å². The van der Waals surface area contributed by atoms with Crippen molar-refractivity contribution in [2.45, 2.75) is 101 Å². The molecule has 2 rings (SSSR count). The van der Waals surface area contributed by atoms with E-state index in [0.717, 1.165) is 0 Å². The second-order valence-corrected chi connectivity index (χ2v) is 11.5. The fraction of sp³-hybridized carbons (Fsp3) is 1.00. The number of phosphoric ester groups is 1. The van der Waals surface area contributed by atoms with Gasteiger partial charge in [0.15, 0.2) is 0 Å². The second kappa shape index (κ2) is 11.4. The minimum Gasteiger partial charge on any atom is -0.756 e. The van der Waals surface area contributed by atoms with Gasteiger partial charge in [-0.25, -0.2) is 0 Å². The van der Waals surface area contributed by atoms with Crippen LogP contribution in [-0.4, -0.2) is 103 Å². The largest absolute Gasteiger partial charge is 0.756 e. The van der Waals surface area contributed by atoms with Crippen molar-refractivity contribution in [1.29, 1.82) is 0 Å². The quantitative estimate of drug-likeness (QED) is 0.321. The number of hydrogen-bond acceptors (Lipinski definition) is 10. The molecule has 2 aliphatic rings. The Labute approximate surface area is 199 Å². The molecule has 33 heavy (non-hydrogen) atoms. The molecule has 0 aliphatic carbocycles. The van der Waals surface area contributed by atoms with E-state index in [2.05, 4.69) is 0 Å². The highest BCUT2D eigenvalue weighted by atomic mass is 31.2. The summed E-state index contributed by atoms with van der Waals surface area (Å²) in [4.78, 5) is 12.7. The molecule has 13 heteroatoms. The highest BCUT2D eigenvalue weighted by molar-refractivity contribution is 7.45. The summed E-state index contributed by atoms with van der Waals surface area (Å²) in [5.74, 6) is 0. The molecule has 4 radical (unpaired) electrons. The summed E-state index contributed by atoms with van der Waals surface area (Å²) >= 11 is 0. The van der Waals surface area contributed by atoms with Gasteiger partial charge >= 0.3 is 0 Å². The zero-order valence-corrected chi connectivity index (χ0v) is 21.6. The number of methoxy groups -OCH3 is 2. The maximum atomic E-state index is 12.7. The van der Waals surface area contributed by atoms with Gasteiger partial charge in [-0.3, -0.25) is 4.57 Å². The third-order valence-electron chi connectivity index (χ3n) is 5.05. The van der Waals surface area contributed by atoms with E-state index in [1.165, 1.54) is 14.2 Å². The standard InChI is InChI=1S/C20H37B2O10P/c1-19(2,3)27-9-11-14(16(26-8)18(22)29-11)32-33(23,24)28-10-12-13(31-20(4,5)6)15(25-7)17(21)30-12/h11-18H,9-10H2,1-8H3,(H,23,24)/p-1. The van der Waals surface area contributed by atoms with Gasteiger partial charge in [0.2, 0.25) is 0 Å². The lowest BCUT2D eigenvalue weighted by Gasteiger charge is -2.33. The third kappa shape index (κ3) is 8.56. The van der Waals surface area contributed by atoms with Crippen LogP contribution in [-0.2, 0) is 42.0 Å². The normalized spacial score (nSPS) is 37.4. The van der Waals surface area contributed by atoms with Gasteiger partial charge in [-0.05, 0) is 41.5 Å². The lowest BCUT2D eigenvalue weighted by Crippen LogP contribution is -2.43. The summed E-state index contributed by atoms with van der Waals surface area (Å²) in [6, 6.07) is -1.70. The van der Waals surface area contributed by atoms with E-state index in [1.807, 2.05) is 41.5 Å². The van der Waals surface area contributed by atoms with Gasteiger partial charge < -0.3 is 42.4 Å². The molecule has 0 saturated carbocycles. The van der Waals surface area contributed by atoms with E-state index >= 15 is 0 Å². The zero-order chi connectivity index (χ0) is 25.2. The van der Waals surface area contributed by atoms with Crippen LogP contribution in [0.3, 0.4) is 0 Å². The first-order valence-electron chi connectivity index (χ1n) is 10.9. The summed E-state index contributed by atoms with van der Waals surface area (Å²) in [6.45, 7) is 10.8. The zero-order valence-electron chi connectivity index (χ0n) is 20.7. The molecule has 9 atom stereocenters. The topological polar surface area (TPSA) is 114 Å². The number of rotatable bonds is 10. The highest BCUT2D eigenvalue weighted by Gasteiger charge is 2.47. The van der Waals surface area contributed by atoms with Crippen molar-refractivity contribution in [3.63, 3.8) is 0 Å². The molecule has 0 bridgehead atoms. The molecule has 0 aromatic heterocycles. The van der Waals surface area contributed by atoms with Gasteiger partial charge in [0.05, 0.1) is 24.4 Å². The Kier molecular flexibility index (Phi) is 10.1. The Balaban J connectivity index is 2.06. The van der Waals surface area contributed by atoms with Crippen LogP contribution in [0.25, 0.3) is 0 Å². The maximum Gasteiger partial charge on any atom is 0.268 e. The van der Waals surface area contributed by atoms with Crippen molar-refractivity contribution in [2.75, 3.05) is 27.4 Å². The van der Waals surface area contributed by atoms with Crippen molar-refractivity contribution >= 4 is 23.5 Å². The smallest absolute Gasteiger partial charge is 0.268 e. The van der Waals surface area contributed by atoms with Gasteiger partial charge in [0.25, 0.3) is 7.82 Å². The molecule has 2 saturated heterocycles. The lowest BCUT2D eigenvalue weighted by molar-refractivity contribution is -0.237. The summed E-state index contributed by atoms with van der Waals surface area (Å²) < 4.78 is 56.9. The lowest BCUT2D eigenvalue weighted by atomic mass is 9.92. The Hall–Kier alpha value is -0.000130. The summed E-state index contributed by atoms with van der Waals surface area (Å²) in [6.07, 6.45) is -4.71. The minimum absolute atomic E-state index is 0.0549. The molecule has 2 aliphatic heterocycles. The van der Waals surface area contributed by atoms with Crippen LogP contribution in [0.15, 0.2) is 0 Å².